The van der Waals surface area contributed by atoms with E-state index in [4.69, 9.17) is 4.74 Å². The van der Waals surface area contributed by atoms with Crippen LogP contribution < -0.4 is 5.43 Å². The third-order valence-electron chi connectivity index (χ3n) is 3.05. The maximum Gasteiger partial charge on any atom is 0.273 e. The number of hydrazone groups is 1. The van der Waals surface area contributed by atoms with Crippen LogP contribution in [0.1, 0.15) is 17.2 Å². The number of nitro benzene ring substituents is 1. The summed E-state index contributed by atoms with van der Waals surface area (Å²) in [6.07, 6.45) is 0.557. The van der Waals surface area contributed by atoms with Gasteiger partial charge in [0.25, 0.3) is 11.6 Å². The zero-order chi connectivity index (χ0) is 16.7. The average molecular weight is 313 g/mol. The summed E-state index contributed by atoms with van der Waals surface area (Å²) in [4.78, 5) is 22.3. The number of methoxy groups -OCH3 is 1. The molecule has 0 radical (unpaired) electrons. The molecule has 23 heavy (non-hydrogen) atoms. The first kappa shape index (κ1) is 16.3. The van der Waals surface area contributed by atoms with Gasteiger partial charge in [-0.2, -0.15) is 5.10 Å². The van der Waals surface area contributed by atoms with Crippen molar-refractivity contribution in [2.75, 3.05) is 7.11 Å². The van der Waals surface area contributed by atoms with E-state index in [1.165, 1.54) is 25.5 Å². The van der Waals surface area contributed by atoms with E-state index in [9.17, 15) is 14.9 Å². The summed E-state index contributed by atoms with van der Waals surface area (Å²) in [6, 6.07) is 14.9. The van der Waals surface area contributed by atoms with E-state index in [0.29, 0.717) is 11.1 Å². The molecule has 0 aliphatic heterocycles. The van der Waals surface area contributed by atoms with Gasteiger partial charge >= 0.3 is 0 Å². The Morgan fingerprint density at radius 3 is 2.65 bits per heavy atom. The molecule has 2 aromatic carbocycles. The third kappa shape index (κ3) is 4.45. The molecule has 0 saturated heterocycles. The van der Waals surface area contributed by atoms with Crippen LogP contribution in [0.3, 0.4) is 0 Å². The normalized spacial score (nSPS) is 12.0. The van der Waals surface area contributed by atoms with Crippen molar-refractivity contribution in [1.82, 2.24) is 5.43 Å². The number of non-ortho nitro benzene ring substituents is 1. The Morgan fingerprint density at radius 2 is 2.00 bits per heavy atom. The Morgan fingerprint density at radius 1 is 1.26 bits per heavy atom. The van der Waals surface area contributed by atoms with Crippen LogP contribution in [0.2, 0.25) is 0 Å². The lowest BCUT2D eigenvalue weighted by Gasteiger charge is -2.13. The van der Waals surface area contributed by atoms with Crippen molar-refractivity contribution in [3.05, 3.63) is 75.8 Å². The van der Waals surface area contributed by atoms with Gasteiger partial charge in [-0.25, -0.2) is 5.43 Å². The van der Waals surface area contributed by atoms with Gasteiger partial charge in [-0.05, 0) is 5.56 Å². The zero-order valence-electron chi connectivity index (χ0n) is 12.4. The van der Waals surface area contributed by atoms with Crippen molar-refractivity contribution >= 4 is 17.8 Å². The van der Waals surface area contributed by atoms with Crippen LogP contribution in [0.5, 0.6) is 0 Å². The lowest BCUT2D eigenvalue weighted by molar-refractivity contribution is -0.384. The van der Waals surface area contributed by atoms with Crippen LogP contribution in [0.25, 0.3) is 0 Å². The quantitative estimate of drug-likeness (QED) is 0.503. The van der Waals surface area contributed by atoms with Crippen molar-refractivity contribution in [3.63, 3.8) is 0 Å². The van der Waals surface area contributed by atoms with E-state index in [1.807, 2.05) is 6.07 Å². The van der Waals surface area contributed by atoms with E-state index in [0.717, 1.165) is 0 Å². The van der Waals surface area contributed by atoms with Gasteiger partial charge in [0.15, 0.2) is 6.10 Å². The van der Waals surface area contributed by atoms with E-state index in [-0.39, 0.29) is 5.69 Å². The molecule has 1 amide bonds. The number of hydrogen-bond acceptors (Lipinski definition) is 5. The SMILES string of the molecule is CO[C@@H](C(=O)N/N=C\c1cccc([N+](=O)[O-])c1)c1ccccc1. The van der Waals surface area contributed by atoms with Gasteiger partial charge in [-0.3, -0.25) is 14.9 Å². The Labute approximate surface area is 132 Å². The first-order valence-electron chi connectivity index (χ1n) is 6.77. The van der Waals surface area contributed by atoms with Crippen molar-refractivity contribution in [1.29, 1.82) is 0 Å². The lowest BCUT2D eigenvalue weighted by atomic mass is 10.1. The summed E-state index contributed by atoms with van der Waals surface area (Å²) < 4.78 is 5.18. The standard InChI is InChI=1S/C16H15N3O4/c1-23-15(13-7-3-2-4-8-13)16(20)18-17-11-12-6-5-9-14(10-12)19(21)22/h2-11,15H,1H3,(H,18,20)/b17-11-/t15-/m1/s1. The minimum absolute atomic E-state index is 0.0423. The molecule has 0 fully saturated rings. The molecule has 0 aromatic heterocycles. The van der Waals surface area contributed by atoms with Crippen molar-refractivity contribution in [2.24, 2.45) is 5.10 Å². The lowest BCUT2D eigenvalue weighted by Crippen LogP contribution is -2.26. The summed E-state index contributed by atoms with van der Waals surface area (Å²) in [5, 5.41) is 14.5. The summed E-state index contributed by atoms with van der Waals surface area (Å²) in [7, 11) is 1.43. The summed E-state index contributed by atoms with van der Waals surface area (Å²) in [5.74, 6) is -0.430. The van der Waals surface area contributed by atoms with E-state index < -0.39 is 16.9 Å². The maximum absolute atomic E-state index is 12.1. The highest BCUT2D eigenvalue weighted by atomic mass is 16.6. The minimum Gasteiger partial charge on any atom is -0.367 e. The number of nitrogens with zero attached hydrogens (tertiary/aromatic N) is 2. The molecule has 7 heteroatoms. The van der Waals surface area contributed by atoms with Gasteiger partial charge < -0.3 is 4.74 Å². The molecule has 118 valence electrons. The molecule has 0 aliphatic carbocycles. The van der Waals surface area contributed by atoms with Crippen LogP contribution in [0.4, 0.5) is 5.69 Å². The largest absolute Gasteiger partial charge is 0.367 e. The average Bonchev–Trinajstić information content (AvgIpc) is 2.57. The van der Waals surface area contributed by atoms with Gasteiger partial charge in [0.05, 0.1) is 11.1 Å². The fraction of sp³-hybridized carbons (Fsp3) is 0.125. The Bertz CT molecular complexity index is 716. The molecule has 0 unspecified atom stereocenters. The predicted octanol–water partition coefficient (Wildman–Crippen LogP) is 2.43. The first-order valence-corrected chi connectivity index (χ1v) is 6.77. The molecule has 0 bridgehead atoms. The van der Waals surface area contributed by atoms with Gasteiger partial charge in [0, 0.05) is 24.8 Å². The molecule has 7 nitrogen and oxygen atoms in total. The maximum atomic E-state index is 12.1. The van der Waals surface area contributed by atoms with Crippen LogP contribution in [-0.4, -0.2) is 24.2 Å². The monoisotopic (exact) mass is 313 g/mol. The van der Waals surface area contributed by atoms with Gasteiger partial charge in [-0.1, -0.05) is 42.5 Å². The number of amides is 1. The molecule has 1 atom stereocenters. The third-order valence-corrected chi connectivity index (χ3v) is 3.05. The molecule has 0 aliphatic rings. The number of nitrogens with one attached hydrogen (secondary N) is 1. The predicted molar refractivity (Wildman–Crippen MR) is 85.0 cm³/mol. The van der Waals surface area contributed by atoms with E-state index >= 15 is 0 Å². The van der Waals surface area contributed by atoms with Gasteiger partial charge in [-0.15, -0.1) is 0 Å². The molecule has 0 heterocycles. The van der Waals surface area contributed by atoms with Crippen LogP contribution in [-0.2, 0) is 9.53 Å². The second-order valence-corrected chi connectivity index (χ2v) is 4.61. The number of hydrogen-bond donors (Lipinski definition) is 1. The van der Waals surface area contributed by atoms with Gasteiger partial charge in [0.1, 0.15) is 0 Å². The molecule has 2 rings (SSSR count). The van der Waals surface area contributed by atoms with Crippen molar-refractivity contribution in [3.8, 4) is 0 Å². The Balaban J connectivity index is 2.03. The second-order valence-electron chi connectivity index (χ2n) is 4.61. The number of ether oxygens (including phenoxy) is 1. The van der Waals surface area contributed by atoms with Crippen molar-refractivity contribution < 1.29 is 14.5 Å². The number of carbonyl (C=O) groups is 1. The highest BCUT2D eigenvalue weighted by Crippen LogP contribution is 2.16. The number of benzene rings is 2. The second kappa shape index (κ2) is 7.81. The van der Waals surface area contributed by atoms with Gasteiger partial charge in [0.2, 0.25) is 0 Å². The molecule has 1 N–H and O–H groups in total. The molecule has 2 aromatic rings. The molecule has 0 spiro atoms. The zero-order valence-corrected chi connectivity index (χ0v) is 12.4. The topological polar surface area (TPSA) is 93.8 Å². The first-order chi connectivity index (χ1) is 11.1. The highest BCUT2D eigenvalue weighted by molar-refractivity contribution is 5.85. The smallest absolute Gasteiger partial charge is 0.273 e. The summed E-state index contributed by atoms with van der Waals surface area (Å²) in [5.41, 5.74) is 3.54. The van der Waals surface area contributed by atoms with Crippen molar-refractivity contribution in [2.45, 2.75) is 6.10 Å². The fourth-order valence-corrected chi connectivity index (χ4v) is 1.97. The minimum atomic E-state index is -0.779. The fourth-order valence-electron chi connectivity index (χ4n) is 1.97. The summed E-state index contributed by atoms with van der Waals surface area (Å²) in [6.45, 7) is 0. The summed E-state index contributed by atoms with van der Waals surface area (Å²) >= 11 is 0. The van der Waals surface area contributed by atoms with E-state index in [1.54, 1.807) is 36.4 Å². The van der Waals surface area contributed by atoms with Crippen LogP contribution in [0, 0.1) is 10.1 Å². The Hall–Kier alpha value is -3.06. The highest BCUT2D eigenvalue weighted by Gasteiger charge is 2.19. The van der Waals surface area contributed by atoms with E-state index in [2.05, 4.69) is 10.5 Å². The molecular formula is C16H15N3O4. The van der Waals surface area contributed by atoms with Crippen LogP contribution in [0.15, 0.2) is 59.7 Å². The number of carbonyl (C=O) groups excluding carboxylic acids is 1. The number of rotatable bonds is 6. The van der Waals surface area contributed by atoms with Crippen LogP contribution >= 0.6 is 0 Å². The molecular weight excluding hydrogens is 298 g/mol. The molecule has 0 saturated carbocycles. The number of nitro groups is 1. The Kier molecular flexibility index (Phi) is 5.54.